The minimum atomic E-state index is -1.64. The summed E-state index contributed by atoms with van der Waals surface area (Å²) in [6.45, 7) is 4.59. The average Bonchev–Trinajstić information content (AvgIpc) is 3.36. The van der Waals surface area contributed by atoms with Crippen LogP contribution in [0.25, 0.3) is 0 Å². The zero-order valence-electron chi connectivity index (χ0n) is 47.5. The number of carbonyl (C=O) groups is 3. The van der Waals surface area contributed by atoms with E-state index >= 15 is 0 Å². The van der Waals surface area contributed by atoms with E-state index in [-0.39, 0.29) is 38.6 Å². The molecule has 0 bridgehead atoms. The first-order chi connectivity index (χ1) is 35.6. The molecule has 0 N–H and O–H groups in total. The molecule has 2 atom stereocenters. The van der Waals surface area contributed by atoms with Crippen LogP contribution < -0.4 is 5.11 Å². The second-order valence-corrected chi connectivity index (χ2v) is 20.5. The van der Waals surface area contributed by atoms with Gasteiger partial charge in [-0.3, -0.25) is 9.59 Å². The molecule has 0 aromatic heterocycles. The Morgan fingerprint density at radius 1 is 0.425 bits per heavy atom. The van der Waals surface area contributed by atoms with Gasteiger partial charge in [0, 0.05) is 12.8 Å². The highest BCUT2D eigenvalue weighted by molar-refractivity contribution is 5.70. The molecule has 0 saturated carbocycles. The summed E-state index contributed by atoms with van der Waals surface area (Å²) in [4.78, 5) is 37.3. The normalized spacial score (nSPS) is 13.5. The fourth-order valence-corrected chi connectivity index (χ4v) is 7.80. The van der Waals surface area contributed by atoms with Gasteiger partial charge in [-0.15, -0.1) is 0 Å². The number of hydrogen-bond donors (Lipinski definition) is 0. The van der Waals surface area contributed by atoms with E-state index in [0.717, 1.165) is 83.5 Å². The Morgan fingerprint density at radius 2 is 0.781 bits per heavy atom. The molecular weight excluding hydrogens is 911 g/mol. The van der Waals surface area contributed by atoms with E-state index in [1.54, 1.807) is 0 Å². The molecule has 0 aliphatic rings. The molecule has 0 radical (unpaired) electrons. The van der Waals surface area contributed by atoms with Crippen LogP contribution in [0.1, 0.15) is 232 Å². The lowest BCUT2D eigenvalue weighted by molar-refractivity contribution is -0.870. The molecule has 73 heavy (non-hydrogen) atoms. The molecule has 0 aromatic carbocycles. The Hall–Kier alpha value is -3.79. The van der Waals surface area contributed by atoms with Crippen LogP contribution in [0.2, 0.25) is 0 Å². The lowest BCUT2D eigenvalue weighted by atomic mass is 10.0. The number of allylic oxidation sites excluding steroid dienone is 16. The minimum Gasteiger partial charge on any atom is -0.545 e. The Balaban J connectivity index is 4.34. The van der Waals surface area contributed by atoms with Crippen molar-refractivity contribution < 1.29 is 42.9 Å². The first kappa shape index (κ1) is 69.2. The smallest absolute Gasteiger partial charge is 0.306 e. The van der Waals surface area contributed by atoms with Crippen molar-refractivity contribution in [1.82, 2.24) is 0 Å². The molecule has 0 amide bonds. The molecule has 0 fully saturated rings. The fraction of sp³-hybridized carbons (Fsp3) is 0.703. The Labute approximate surface area is 448 Å². The number of likely N-dealkylation sites (N-methyl/N-ethyl adjacent to an activating group) is 1. The summed E-state index contributed by atoms with van der Waals surface area (Å²) in [5.41, 5.74) is 0. The van der Waals surface area contributed by atoms with Crippen LogP contribution in [0, 0.1) is 0 Å². The summed E-state index contributed by atoms with van der Waals surface area (Å²) in [7, 11) is 5.90. The van der Waals surface area contributed by atoms with Gasteiger partial charge in [0.1, 0.15) is 13.2 Å². The summed E-state index contributed by atoms with van der Waals surface area (Å²) in [6.07, 6.45) is 70.3. The van der Waals surface area contributed by atoms with Crippen molar-refractivity contribution >= 4 is 17.9 Å². The Bertz CT molecular complexity index is 1520. The van der Waals surface area contributed by atoms with Gasteiger partial charge in [0.15, 0.2) is 12.4 Å². The van der Waals surface area contributed by atoms with E-state index in [2.05, 4.69) is 111 Å². The third-order valence-corrected chi connectivity index (χ3v) is 12.3. The van der Waals surface area contributed by atoms with Crippen LogP contribution in [-0.4, -0.2) is 82.3 Å². The van der Waals surface area contributed by atoms with Gasteiger partial charge in [-0.2, -0.15) is 0 Å². The number of carboxylic acids is 1. The first-order valence-electron chi connectivity index (χ1n) is 29.4. The lowest BCUT2D eigenvalue weighted by Gasteiger charge is -2.26. The predicted molar refractivity (Wildman–Crippen MR) is 306 cm³/mol. The van der Waals surface area contributed by atoms with Gasteiger partial charge in [-0.05, 0) is 96.3 Å². The number of unbranched alkanes of at least 4 members (excludes halogenated alkanes) is 22. The Morgan fingerprint density at radius 3 is 1.19 bits per heavy atom. The van der Waals surface area contributed by atoms with Gasteiger partial charge in [-0.25, -0.2) is 0 Å². The number of quaternary nitrogens is 1. The number of carboxylic acid groups (broad SMARTS) is 1. The lowest BCUT2D eigenvalue weighted by Crippen LogP contribution is -2.44. The summed E-state index contributed by atoms with van der Waals surface area (Å²) < 4.78 is 22.7. The number of aliphatic carboxylic acids is 1. The van der Waals surface area contributed by atoms with Crippen molar-refractivity contribution in [1.29, 1.82) is 0 Å². The van der Waals surface area contributed by atoms with Gasteiger partial charge >= 0.3 is 11.9 Å². The summed E-state index contributed by atoms with van der Waals surface area (Å²) in [5, 5.41) is 11.8. The highest BCUT2D eigenvalue weighted by atomic mass is 16.7. The van der Waals surface area contributed by atoms with Gasteiger partial charge in [0.05, 0.1) is 40.3 Å². The number of carbonyl (C=O) groups excluding carboxylic acids is 3. The second kappa shape index (κ2) is 54.5. The van der Waals surface area contributed by atoms with Crippen molar-refractivity contribution in [2.45, 2.75) is 245 Å². The van der Waals surface area contributed by atoms with E-state index in [1.807, 2.05) is 21.1 Å². The molecule has 418 valence electrons. The van der Waals surface area contributed by atoms with Crippen molar-refractivity contribution in [3.8, 4) is 0 Å². The van der Waals surface area contributed by atoms with Gasteiger partial charge in [0.25, 0.3) is 0 Å². The van der Waals surface area contributed by atoms with Crippen LogP contribution in [0.15, 0.2) is 97.2 Å². The van der Waals surface area contributed by atoms with E-state index in [1.165, 1.54) is 116 Å². The molecule has 0 aliphatic heterocycles. The maximum atomic E-state index is 12.9. The molecule has 9 heteroatoms. The highest BCUT2D eigenvalue weighted by Gasteiger charge is 2.22. The quantitative estimate of drug-likeness (QED) is 0.0195. The maximum absolute atomic E-state index is 12.9. The summed E-state index contributed by atoms with van der Waals surface area (Å²) >= 11 is 0. The van der Waals surface area contributed by atoms with E-state index in [4.69, 9.17) is 18.9 Å². The van der Waals surface area contributed by atoms with E-state index in [9.17, 15) is 19.5 Å². The van der Waals surface area contributed by atoms with Gasteiger partial charge in [-0.1, -0.05) is 220 Å². The molecule has 0 rings (SSSR count). The molecule has 0 aliphatic carbocycles. The summed E-state index contributed by atoms with van der Waals surface area (Å²) in [5.74, 6) is -2.33. The zero-order chi connectivity index (χ0) is 53.4. The number of hydrogen-bond acceptors (Lipinski definition) is 8. The predicted octanol–water partition coefficient (Wildman–Crippen LogP) is 16.0. The third-order valence-electron chi connectivity index (χ3n) is 12.3. The third kappa shape index (κ3) is 55.8. The summed E-state index contributed by atoms with van der Waals surface area (Å²) in [6, 6.07) is 0. The molecule has 0 saturated heterocycles. The minimum absolute atomic E-state index is 0.136. The van der Waals surface area contributed by atoms with Crippen molar-refractivity contribution in [3.05, 3.63) is 97.2 Å². The standard InChI is InChI=1S/C64H109NO8/c1-6-8-10-12-14-16-18-20-22-24-26-28-30-31-33-35-37-39-41-43-45-47-49-51-53-55-62(67)73-60(59-72-64(63(68)69)70-57-56-65(3,4)5)58-71-61(66)54-52-50-48-46-44-42-40-38-36-34-32-29-27-25-23-21-19-17-15-13-11-9-7-2/h8,10,14,16,20,22,25-28,31,33,37,39,43,45,60,64H,6-7,9,11-13,15,17-19,21,23-24,29-30,32,34-36,38,40-42,44,46-59H2,1-5H3/b10-8-,16-14-,22-20-,27-25-,28-26-,33-31-,39-37-,45-43-. The van der Waals surface area contributed by atoms with Crippen LogP contribution in [0.5, 0.6) is 0 Å². The van der Waals surface area contributed by atoms with E-state index < -0.39 is 24.3 Å². The molecular formula is C64H109NO8. The molecule has 9 nitrogen and oxygen atoms in total. The molecule has 0 spiro atoms. The molecule has 0 heterocycles. The van der Waals surface area contributed by atoms with E-state index in [0.29, 0.717) is 17.4 Å². The van der Waals surface area contributed by atoms with Crippen molar-refractivity contribution in [2.75, 3.05) is 47.5 Å². The SMILES string of the molecule is CC/C=C\C/C=C\C/C=C\C/C=C\C/C=C\C/C=C\C/C=C\CCCCCC(=O)OC(COC(=O)CCCCCCCCCCCCC/C=C\CCCCCCCCCC)COC(OCC[N+](C)(C)C)C(=O)[O-]. The molecule has 2 unspecified atom stereocenters. The van der Waals surface area contributed by atoms with Crippen molar-refractivity contribution in [2.24, 2.45) is 0 Å². The van der Waals surface area contributed by atoms with Crippen LogP contribution >= 0.6 is 0 Å². The number of nitrogens with zero attached hydrogens (tertiary/aromatic N) is 1. The maximum Gasteiger partial charge on any atom is 0.306 e. The van der Waals surface area contributed by atoms with Crippen LogP contribution in [-0.2, 0) is 33.3 Å². The second-order valence-electron chi connectivity index (χ2n) is 20.5. The van der Waals surface area contributed by atoms with Crippen molar-refractivity contribution in [3.63, 3.8) is 0 Å². The largest absolute Gasteiger partial charge is 0.545 e. The van der Waals surface area contributed by atoms with Crippen LogP contribution in [0.4, 0.5) is 0 Å². The topological polar surface area (TPSA) is 111 Å². The number of rotatable bonds is 53. The highest BCUT2D eigenvalue weighted by Crippen LogP contribution is 2.15. The first-order valence-corrected chi connectivity index (χ1v) is 29.4. The zero-order valence-corrected chi connectivity index (χ0v) is 47.5. The molecule has 0 aromatic rings. The van der Waals surface area contributed by atoms with Crippen LogP contribution in [0.3, 0.4) is 0 Å². The Kier molecular flexibility index (Phi) is 51.6. The van der Waals surface area contributed by atoms with Gasteiger partial charge in [0.2, 0.25) is 0 Å². The number of esters is 2. The number of ether oxygens (including phenoxy) is 4. The van der Waals surface area contributed by atoms with Gasteiger partial charge < -0.3 is 33.3 Å². The monoisotopic (exact) mass is 1020 g/mol. The average molecular weight is 1020 g/mol. The fourth-order valence-electron chi connectivity index (χ4n) is 7.80.